The van der Waals surface area contributed by atoms with Crippen molar-refractivity contribution in [2.45, 2.75) is 13.3 Å². The zero-order chi connectivity index (χ0) is 17.8. The molecular weight excluding hydrogens is 387 g/mol. The largest absolute Gasteiger partial charge is 0.619 e. The van der Waals surface area contributed by atoms with Crippen LogP contribution in [0.15, 0.2) is 53.3 Å². The highest BCUT2D eigenvalue weighted by molar-refractivity contribution is 9.10. The molecule has 128 valence electrons. The molecule has 0 bridgehead atoms. The Morgan fingerprint density at radius 1 is 1.24 bits per heavy atom. The number of nitrogens with one attached hydrogen (secondary N) is 1. The van der Waals surface area contributed by atoms with Gasteiger partial charge in [-0.2, -0.15) is 4.73 Å². The molecule has 5 nitrogen and oxygen atoms in total. The van der Waals surface area contributed by atoms with Crippen molar-refractivity contribution in [2.75, 3.05) is 11.9 Å². The monoisotopic (exact) mass is 402 g/mol. The molecule has 0 atom stereocenters. The summed E-state index contributed by atoms with van der Waals surface area (Å²) >= 11 is 3.34. The minimum Gasteiger partial charge on any atom is -0.619 e. The first-order valence-corrected chi connectivity index (χ1v) is 8.53. The Morgan fingerprint density at radius 2 is 2.08 bits per heavy atom. The lowest BCUT2D eigenvalue weighted by atomic mass is 10.2. The number of hydrogen-bond donors (Lipinski definition) is 1. The van der Waals surface area contributed by atoms with Crippen molar-refractivity contribution < 1.29 is 9.12 Å². The van der Waals surface area contributed by atoms with Crippen LogP contribution in [0.2, 0.25) is 0 Å². The van der Waals surface area contributed by atoms with Crippen molar-refractivity contribution in [2.24, 2.45) is 0 Å². The highest BCUT2D eigenvalue weighted by Crippen LogP contribution is 2.24. The zero-order valence-electron chi connectivity index (χ0n) is 13.5. The van der Waals surface area contributed by atoms with E-state index in [0.717, 1.165) is 20.5 Å². The van der Waals surface area contributed by atoms with Crippen LogP contribution in [-0.4, -0.2) is 16.5 Å². The van der Waals surface area contributed by atoms with Crippen molar-refractivity contribution >= 4 is 21.7 Å². The van der Waals surface area contributed by atoms with Gasteiger partial charge in [0, 0.05) is 34.4 Å². The normalized spacial score (nSPS) is 10.7. The minimum atomic E-state index is -0.371. The average molecular weight is 403 g/mol. The Morgan fingerprint density at radius 3 is 2.88 bits per heavy atom. The Hall–Kier alpha value is -2.54. The van der Waals surface area contributed by atoms with Crippen LogP contribution in [0, 0.1) is 17.9 Å². The molecule has 0 saturated carbocycles. The van der Waals surface area contributed by atoms with Gasteiger partial charge in [-0.1, -0.05) is 15.9 Å². The fourth-order valence-electron chi connectivity index (χ4n) is 2.43. The van der Waals surface area contributed by atoms with E-state index in [-0.39, 0.29) is 5.82 Å². The number of halogens is 2. The molecule has 7 heteroatoms. The number of rotatable bonds is 5. The van der Waals surface area contributed by atoms with Gasteiger partial charge < -0.3 is 10.5 Å². The van der Waals surface area contributed by atoms with Gasteiger partial charge in [0.25, 0.3) is 0 Å². The van der Waals surface area contributed by atoms with Crippen molar-refractivity contribution in [3.05, 3.63) is 75.5 Å². The minimum absolute atomic E-state index is 0.332. The molecule has 3 aromatic rings. The van der Waals surface area contributed by atoms with Gasteiger partial charge in [-0.25, -0.2) is 14.4 Å². The van der Waals surface area contributed by atoms with Gasteiger partial charge in [0.1, 0.15) is 11.6 Å². The number of anilines is 1. The zero-order valence-corrected chi connectivity index (χ0v) is 15.1. The van der Waals surface area contributed by atoms with E-state index in [4.69, 9.17) is 0 Å². The third kappa shape index (κ3) is 4.51. The highest BCUT2D eigenvalue weighted by Gasteiger charge is 2.11. The molecule has 25 heavy (non-hydrogen) atoms. The van der Waals surface area contributed by atoms with Gasteiger partial charge in [-0.15, -0.1) is 0 Å². The van der Waals surface area contributed by atoms with Crippen LogP contribution in [0.3, 0.4) is 0 Å². The van der Waals surface area contributed by atoms with Crippen molar-refractivity contribution in [1.29, 1.82) is 0 Å². The maximum atomic E-state index is 14.1. The molecule has 3 rings (SSSR count). The van der Waals surface area contributed by atoms with Gasteiger partial charge in [-0.05, 0) is 37.6 Å². The lowest BCUT2D eigenvalue weighted by Crippen LogP contribution is -2.25. The molecule has 0 radical (unpaired) electrons. The van der Waals surface area contributed by atoms with Crippen LogP contribution >= 0.6 is 15.9 Å². The van der Waals surface area contributed by atoms with E-state index in [1.807, 2.05) is 13.0 Å². The molecule has 0 fully saturated rings. The summed E-state index contributed by atoms with van der Waals surface area (Å²) in [5.41, 5.74) is 2.01. The number of aryl methyl sites for hydroxylation is 1. The van der Waals surface area contributed by atoms with E-state index in [1.165, 1.54) is 18.5 Å². The van der Waals surface area contributed by atoms with E-state index >= 15 is 0 Å². The third-order valence-corrected chi connectivity index (χ3v) is 4.07. The molecule has 1 aromatic carbocycles. The Labute approximate surface area is 153 Å². The molecule has 2 aromatic heterocycles. The standard InChI is InChI=1S/C18H16BrFN4O/c1-12-9-17(21-7-6-13-3-2-8-24(25)11-13)23-18(22-12)15-10-14(19)4-5-16(15)20/h2-5,8-11H,6-7H2,1H3,(H,21,22,23). The Balaban J connectivity index is 1.76. The average Bonchev–Trinajstić information content (AvgIpc) is 2.57. The fourth-order valence-corrected chi connectivity index (χ4v) is 2.79. The maximum absolute atomic E-state index is 14.1. The van der Waals surface area contributed by atoms with Crippen LogP contribution < -0.4 is 10.0 Å². The Bertz CT molecular complexity index is 904. The predicted molar refractivity (Wildman–Crippen MR) is 97.5 cm³/mol. The summed E-state index contributed by atoms with van der Waals surface area (Å²) in [7, 11) is 0. The molecule has 2 heterocycles. The molecule has 0 saturated heterocycles. The Kier molecular flexibility index (Phi) is 5.23. The molecule has 0 aliphatic heterocycles. The molecule has 0 aliphatic rings. The van der Waals surface area contributed by atoms with Crippen LogP contribution in [0.25, 0.3) is 11.4 Å². The molecule has 0 aliphatic carbocycles. The number of benzene rings is 1. The van der Waals surface area contributed by atoms with Gasteiger partial charge in [0.15, 0.2) is 18.2 Å². The third-order valence-electron chi connectivity index (χ3n) is 3.58. The van der Waals surface area contributed by atoms with Crippen LogP contribution in [0.5, 0.6) is 0 Å². The molecule has 0 amide bonds. The first kappa shape index (κ1) is 17.3. The van der Waals surface area contributed by atoms with Crippen LogP contribution in [0.1, 0.15) is 11.3 Å². The maximum Gasteiger partial charge on any atom is 0.183 e. The summed E-state index contributed by atoms with van der Waals surface area (Å²) in [6, 6.07) is 10.1. The lowest BCUT2D eigenvalue weighted by molar-refractivity contribution is -0.605. The van der Waals surface area contributed by atoms with Gasteiger partial charge in [0.05, 0.1) is 5.56 Å². The van der Waals surface area contributed by atoms with Crippen LogP contribution in [-0.2, 0) is 6.42 Å². The van der Waals surface area contributed by atoms with E-state index < -0.39 is 0 Å². The number of pyridine rings is 1. The molecule has 0 unspecified atom stereocenters. The molecule has 0 spiro atoms. The highest BCUT2D eigenvalue weighted by atomic mass is 79.9. The first-order chi connectivity index (χ1) is 12.0. The topological polar surface area (TPSA) is 64.8 Å². The predicted octanol–water partition coefficient (Wildman–Crippen LogP) is 3.64. The van der Waals surface area contributed by atoms with E-state index in [9.17, 15) is 9.60 Å². The van der Waals surface area contributed by atoms with Crippen molar-refractivity contribution in [1.82, 2.24) is 9.97 Å². The quantitative estimate of drug-likeness (QED) is 0.522. The SMILES string of the molecule is Cc1cc(NCCc2ccc[n+]([O-])c2)nc(-c2cc(Br)ccc2F)n1. The number of aromatic nitrogens is 3. The smallest absolute Gasteiger partial charge is 0.183 e. The molecule has 1 N–H and O–H groups in total. The first-order valence-electron chi connectivity index (χ1n) is 7.74. The summed E-state index contributed by atoms with van der Waals surface area (Å²) in [5.74, 6) is 0.579. The lowest BCUT2D eigenvalue weighted by Gasteiger charge is -2.09. The summed E-state index contributed by atoms with van der Waals surface area (Å²) < 4.78 is 15.6. The second-order valence-electron chi connectivity index (χ2n) is 5.59. The van der Waals surface area contributed by atoms with E-state index in [1.54, 1.807) is 24.3 Å². The summed E-state index contributed by atoms with van der Waals surface area (Å²) in [5, 5.41) is 14.5. The van der Waals surface area contributed by atoms with Gasteiger partial charge in [0.2, 0.25) is 0 Å². The summed E-state index contributed by atoms with van der Waals surface area (Å²) in [6.45, 7) is 2.44. The molecular formula is C18H16BrFN4O. The number of nitrogens with zero attached hydrogens (tertiary/aromatic N) is 3. The second kappa shape index (κ2) is 7.57. The van der Waals surface area contributed by atoms with Gasteiger partial charge in [-0.3, -0.25) is 0 Å². The van der Waals surface area contributed by atoms with Gasteiger partial charge >= 0.3 is 0 Å². The van der Waals surface area contributed by atoms with E-state index in [2.05, 4.69) is 31.2 Å². The fraction of sp³-hybridized carbons (Fsp3) is 0.167. The van der Waals surface area contributed by atoms with Crippen LogP contribution in [0.4, 0.5) is 10.2 Å². The summed E-state index contributed by atoms with van der Waals surface area (Å²) in [4.78, 5) is 8.73. The van der Waals surface area contributed by atoms with E-state index in [0.29, 0.717) is 30.2 Å². The van der Waals surface area contributed by atoms with Crippen molar-refractivity contribution in [3.63, 3.8) is 0 Å². The number of hydrogen-bond acceptors (Lipinski definition) is 4. The van der Waals surface area contributed by atoms with Crippen molar-refractivity contribution in [3.8, 4) is 11.4 Å². The second-order valence-corrected chi connectivity index (χ2v) is 6.51. The summed E-state index contributed by atoms with van der Waals surface area (Å²) in [6.07, 6.45) is 3.66.